The van der Waals surface area contributed by atoms with Crippen LogP contribution in [-0.4, -0.2) is 21.7 Å². The van der Waals surface area contributed by atoms with Crippen LogP contribution in [0.3, 0.4) is 0 Å². The Morgan fingerprint density at radius 1 is 1.20 bits per heavy atom. The van der Waals surface area contributed by atoms with Crippen LogP contribution in [0.1, 0.15) is 27.3 Å². The quantitative estimate of drug-likeness (QED) is 0.534. The van der Waals surface area contributed by atoms with Gasteiger partial charge < -0.3 is 4.57 Å². The highest BCUT2D eigenvalue weighted by atomic mass is 79.9. The molecule has 0 atom stereocenters. The molecule has 2 heterocycles. The monoisotopic (exact) mass is 396 g/mol. The summed E-state index contributed by atoms with van der Waals surface area (Å²) in [5.41, 5.74) is 7.23. The summed E-state index contributed by atoms with van der Waals surface area (Å²) in [6.07, 6.45) is 4.81. The SMILES string of the molecule is Cc1cc(/C=N\NC(=O)c2ccncc2)c(C)n1-c1cccc(Br)c1. The third-order valence-electron chi connectivity index (χ3n) is 3.85. The third kappa shape index (κ3) is 3.85. The summed E-state index contributed by atoms with van der Waals surface area (Å²) in [6, 6.07) is 13.4. The van der Waals surface area contributed by atoms with Crippen LogP contribution < -0.4 is 5.43 Å². The van der Waals surface area contributed by atoms with Crippen LogP contribution in [0.4, 0.5) is 0 Å². The Morgan fingerprint density at radius 3 is 2.68 bits per heavy atom. The molecule has 1 aromatic carbocycles. The number of benzene rings is 1. The van der Waals surface area contributed by atoms with Gasteiger partial charge in [-0.3, -0.25) is 9.78 Å². The van der Waals surface area contributed by atoms with Crippen molar-refractivity contribution in [2.45, 2.75) is 13.8 Å². The predicted octanol–water partition coefficient (Wildman–Crippen LogP) is 4.02. The smallest absolute Gasteiger partial charge is 0.271 e. The number of aryl methyl sites for hydroxylation is 1. The summed E-state index contributed by atoms with van der Waals surface area (Å²) in [4.78, 5) is 15.9. The van der Waals surface area contributed by atoms with Gasteiger partial charge in [0.05, 0.1) is 6.21 Å². The Morgan fingerprint density at radius 2 is 1.96 bits per heavy atom. The van der Waals surface area contributed by atoms with Crippen molar-refractivity contribution in [3.05, 3.63) is 81.8 Å². The molecule has 2 aromatic heterocycles. The molecule has 0 radical (unpaired) electrons. The lowest BCUT2D eigenvalue weighted by Crippen LogP contribution is -2.17. The zero-order valence-corrected chi connectivity index (χ0v) is 15.5. The molecular weight excluding hydrogens is 380 g/mol. The molecule has 0 bridgehead atoms. The van der Waals surface area contributed by atoms with Crippen molar-refractivity contribution in [3.8, 4) is 5.69 Å². The van der Waals surface area contributed by atoms with Crippen molar-refractivity contribution in [3.63, 3.8) is 0 Å². The van der Waals surface area contributed by atoms with Crippen molar-refractivity contribution in [2.75, 3.05) is 0 Å². The molecule has 5 nitrogen and oxygen atoms in total. The number of nitrogens with one attached hydrogen (secondary N) is 1. The largest absolute Gasteiger partial charge is 0.318 e. The molecular formula is C19H17BrN4O. The number of nitrogens with zero attached hydrogens (tertiary/aromatic N) is 3. The van der Waals surface area contributed by atoms with Crippen LogP contribution in [-0.2, 0) is 0 Å². The maximum Gasteiger partial charge on any atom is 0.271 e. The minimum atomic E-state index is -0.264. The Hall–Kier alpha value is -2.73. The summed E-state index contributed by atoms with van der Waals surface area (Å²) in [5, 5.41) is 4.08. The first kappa shape index (κ1) is 17.1. The summed E-state index contributed by atoms with van der Waals surface area (Å²) < 4.78 is 3.17. The van der Waals surface area contributed by atoms with Gasteiger partial charge in [-0.15, -0.1) is 0 Å². The maximum atomic E-state index is 12.0. The Labute approximate surface area is 154 Å². The van der Waals surface area contributed by atoms with E-state index >= 15 is 0 Å². The molecule has 25 heavy (non-hydrogen) atoms. The molecule has 126 valence electrons. The molecule has 6 heteroatoms. The highest BCUT2D eigenvalue weighted by Crippen LogP contribution is 2.22. The fourth-order valence-electron chi connectivity index (χ4n) is 2.66. The fourth-order valence-corrected chi connectivity index (χ4v) is 3.05. The lowest BCUT2D eigenvalue weighted by atomic mass is 10.2. The summed E-state index contributed by atoms with van der Waals surface area (Å²) >= 11 is 3.50. The topological polar surface area (TPSA) is 59.3 Å². The number of aromatic nitrogens is 2. The van der Waals surface area contributed by atoms with E-state index in [0.29, 0.717) is 5.56 Å². The number of carbonyl (C=O) groups is 1. The van der Waals surface area contributed by atoms with Crippen molar-refractivity contribution in [1.82, 2.24) is 15.0 Å². The molecule has 0 spiro atoms. The van der Waals surface area contributed by atoms with E-state index in [4.69, 9.17) is 0 Å². The molecule has 0 fully saturated rings. The molecule has 3 aromatic rings. The number of hydrogen-bond donors (Lipinski definition) is 1. The Kier molecular flexibility index (Phi) is 5.09. The molecule has 1 amide bonds. The number of halogens is 1. The van der Waals surface area contributed by atoms with Gasteiger partial charge in [0.1, 0.15) is 0 Å². The number of carbonyl (C=O) groups excluding carboxylic acids is 1. The van der Waals surface area contributed by atoms with E-state index in [1.165, 1.54) is 0 Å². The van der Waals surface area contributed by atoms with Gasteiger partial charge in [-0.25, -0.2) is 5.43 Å². The lowest BCUT2D eigenvalue weighted by molar-refractivity contribution is 0.0955. The Balaban J connectivity index is 1.80. The van der Waals surface area contributed by atoms with E-state index in [9.17, 15) is 4.79 Å². The van der Waals surface area contributed by atoms with Crippen molar-refractivity contribution in [1.29, 1.82) is 0 Å². The molecule has 0 aliphatic rings. The minimum absolute atomic E-state index is 0.264. The van der Waals surface area contributed by atoms with Crippen LogP contribution in [0.5, 0.6) is 0 Å². The average molecular weight is 397 g/mol. The zero-order chi connectivity index (χ0) is 17.8. The van der Waals surface area contributed by atoms with E-state index in [1.54, 1.807) is 30.7 Å². The van der Waals surface area contributed by atoms with Gasteiger partial charge in [-0.05, 0) is 50.2 Å². The van der Waals surface area contributed by atoms with E-state index in [2.05, 4.69) is 48.1 Å². The first-order valence-corrected chi connectivity index (χ1v) is 8.54. The molecule has 3 rings (SSSR count). The van der Waals surface area contributed by atoms with Gasteiger partial charge in [0, 0.05) is 45.1 Å². The zero-order valence-electron chi connectivity index (χ0n) is 13.9. The molecule has 0 saturated heterocycles. The second-order valence-electron chi connectivity index (χ2n) is 5.58. The lowest BCUT2D eigenvalue weighted by Gasteiger charge is -2.09. The molecule has 1 N–H and O–H groups in total. The predicted molar refractivity (Wildman–Crippen MR) is 102 cm³/mol. The molecule has 0 unspecified atom stereocenters. The minimum Gasteiger partial charge on any atom is -0.318 e. The van der Waals surface area contributed by atoms with Gasteiger partial charge in [-0.1, -0.05) is 22.0 Å². The molecule has 0 aliphatic carbocycles. The van der Waals surface area contributed by atoms with Gasteiger partial charge in [-0.2, -0.15) is 5.10 Å². The highest BCUT2D eigenvalue weighted by Gasteiger charge is 2.10. The maximum absolute atomic E-state index is 12.0. The van der Waals surface area contributed by atoms with Crippen LogP contribution in [0.2, 0.25) is 0 Å². The number of pyridine rings is 1. The first-order valence-electron chi connectivity index (χ1n) is 7.74. The second-order valence-corrected chi connectivity index (χ2v) is 6.49. The number of rotatable bonds is 4. The van der Waals surface area contributed by atoms with E-state index in [0.717, 1.165) is 27.1 Å². The first-order chi connectivity index (χ1) is 12.1. The summed E-state index contributed by atoms with van der Waals surface area (Å²) in [5.74, 6) is -0.264. The van der Waals surface area contributed by atoms with Gasteiger partial charge in [0.2, 0.25) is 0 Å². The van der Waals surface area contributed by atoms with E-state index in [1.807, 2.05) is 32.0 Å². The fraction of sp³-hybridized carbons (Fsp3) is 0.105. The number of amides is 1. The second kappa shape index (κ2) is 7.44. The van der Waals surface area contributed by atoms with Gasteiger partial charge in [0.25, 0.3) is 5.91 Å². The van der Waals surface area contributed by atoms with Crippen LogP contribution in [0.15, 0.2) is 64.4 Å². The molecule has 0 aliphatic heterocycles. The third-order valence-corrected chi connectivity index (χ3v) is 4.34. The molecule has 0 saturated carbocycles. The van der Waals surface area contributed by atoms with Crippen molar-refractivity contribution >= 4 is 28.1 Å². The van der Waals surface area contributed by atoms with Crippen molar-refractivity contribution < 1.29 is 4.79 Å². The number of hydrogen-bond acceptors (Lipinski definition) is 3. The highest BCUT2D eigenvalue weighted by molar-refractivity contribution is 9.10. The number of hydrazone groups is 1. The van der Waals surface area contributed by atoms with Gasteiger partial charge >= 0.3 is 0 Å². The van der Waals surface area contributed by atoms with Crippen LogP contribution >= 0.6 is 15.9 Å². The summed E-state index contributed by atoms with van der Waals surface area (Å²) in [6.45, 7) is 4.07. The Bertz CT molecular complexity index is 932. The van der Waals surface area contributed by atoms with Gasteiger partial charge in [0.15, 0.2) is 0 Å². The summed E-state index contributed by atoms with van der Waals surface area (Å²) in [7, 11) is 0. The normalized spacial score (nSPS) is 11.0. The standard InChI is InChI=1S/C19H17BrN4O/c1-13-10-16(12-22-23-19(25)15-6-8-21-9-7-15)14(2)24(13)18-5-3-4-17(20)11-18/h3-12H,1-2H3,(H,23,25)/b22-12-. The van der Waals surface area contributed by atoms with E-state index < -0.39 is 0 Å². The van der Waals surface area contributed by atoms with Crippen LogP contribution in [0.25, 0.3) is 5.69 Å². The average Bonchev–Trinajstić information content (AvgIpc) is 2.89. The van der Waals surface area contributed by atoms with Crippen molar-refractivity contribution in [2.24, 2.45) is 5.10 Å². The van der Waals surface area contributed by atoms with E-state index in [-0.39, 0.29) is 5.91 Å². The van der Waals surface area contributed by atoms with Crippen LogP contribution in [0, 0.1) is 13.8 Å².